The smallest absolute Gasteiger partial charge is 0.119 e. The summed E-state index contributed by atoms with van der Waals surface area (Å²) in [6.07, 6.45) is 2.80. The van der Waals surface area contributed by atoms with Crippen LogP contribution in [-0.4, -0.2) is 21.8 Å². The molecule has 0 heterocycles. The minimum absolute atomic E-state index is 0.0644. The summed E-state index contributed by atoms with van der Waals surface area (Å²) in [6, 6.07) is 5.90. The van der Waals surface area contributed by atoms with E-state index in [0.29, 0.717) is 0 Å². The Morgan fingerprint density at radius 2 is 2.26 bits per heavy atom. The molecule has 4 unspecified atom stereocenters. The van der Waals surface area contributed by atoms with Gasteiger partial charge >= 0.3 is 0 Å². The largest absolute Gasteiger partial charge is 0.497 e. The molecular weight excluding hydrogens is 258 g/mol. The van der Waals surface area contributed by atoms with E-state index >= 15 is 0 Å². The second kappa shape index (κ2) is 6.06. The van der Waals surface area contributed by atoms with Crippen molar-refractivity contribution in [3.8, 4) is 5.75 Å². The summed E-state index contributed by atoms with van der Waals surface area (Å²) < 4.78 is 17.8. The predicted molar refractivity (Wildman–Crippen MR) is 79.9 cm³/mol. The summed E-state index contributed by atoms with van der Waals surface area (Å²) >= 11 is 0. The van der Waals surface area contributed by atoms with E-state index in [2.05, 4.69) is 13.0 Å². The van der Waals surface area contributed by atoms with Crippen molar-refractivity contribution in [3.05, 3.63) is 29.3 Å². The minimum atomic E-state index is -0.863. The molecule has 19 heavy (non-hydrogen) atoms. The van der Waals surface area contributed by atoms with Crippen LogP contribution < -0.4 is 10.5 Å². The van der Waals surface area contributed by atoms with Crippen LogP contribution in [0.4, 0.5) is 0 Å². The van der Waals surface area contributed by atoms with Crippen LogP contribution in [0.25, 0.3) is 0 Å². The molecule has 2 N–H and O–H groups in total. The van der Waals surface area contributed by atoms with Crippen LogP contribution in [0.1, 0.15) is 43.9 Å². The van der Waals surface area contributed by atoms with Crippen molar-refractivity contribution >= 4 is 10.8 Å². The van der Waals surface area contributed by atoms with Crippen LogP contribution in [0.15, 0.2) is 18.2 Å². The Labute approximate surface area is 118 Å². The average Bonchev–Trinajstić information content (AvgIpc) is 2.46. The average molecular weight is 281 g/mol. The highest BCUT2D eigenvalue weighted by Gasteiger charge is 2.32. The summed E-state index contributed by atoms with van der Waals surface area (Å²) in [6.45, 7) is 4.12. The summed E-state index contributed by atoms with van der Waals surface area (Å²) in [7, 11) is 0.795. The van der Waals surface area contributed by atoms with Crippen LogP contribution in [0.5, 0.6) is 5.75 Å². The van der Waals surface area contributed by atoms with Crippen molar-refractivity contribution in [1.29, 1.82) is 0 Å². The molecule has 0 saturated carbocycles. The second-order valence-electron chi connectivity index (χ2n) is 5.22. The standard InChI is InChI=1S/C15H23NO2S/c1-4-10(2)19(17)14-8-6-11-5-7-12(18-3)9-13(11)15(14)16/h5,7,9-10,14-15H,4,6,8,16H2,1-3H3. The number of fused-ring (bicyclic) bond motifs is 1. The van der Waals surface area contributed by atoms with Crippen molar-refractivity contribution in [2.45, 2.75) is 49.7 Å². The number of methoxy groups -OCH3 is 1. The molecule has 0 aromatic heterocycles. The molecule has 2 rings (SSSR count). The fourth-order valence-electron chi connectivity index (χ4n) is 2.64. The molecule has 0 spiro atoms. The number of nitrogens with two attached hydrogens (primary N) is 1. The molecule has 1 aliphatic carbocycles. The van der Waals surface area contributed by atoms with Crippen LogP contribution in [0, 0.1) is 0 Å². The highest BCUT2D eigenvalue weighted by molar-refractivity contribution is 7.86. The third-order valence-electron chi connectivity index (χ3n) is 4.08. The zero-order chi connectivity index (χ0) is 14.0. The lowest BCUT2D eigenvalue weighted by molar-refractivity contribution is 0.412. The third kappa shape index (κ3) is 2.84. The van der Waals surface area contributed by atoms with E-state index in [-0.39, 0.29) is 16.5 Å². The van der Waals surface area contributed by atoms with Crippen LogP contribution in [0.2, 0.25) is 0 Å². The maximum absolute atomic E-state index is 12.5. The van der Waals surface area contributed by atoms with Crippen molar-refractivity contribution in [1.82, 2.24) is 0 Å². The summed E-state index contributed by atoms with van der Waals surface area (Å²) in [5.74, 6) is 0.823. The molecule has 0 saturated heterocycles. The minimum Gasteiger partial charge on any atom is -0.497 e. The molecule has 4 heteroatoms. The van der Waals surface area contributed by atoms with Gasteiger partial charge in [0.1, 0.15) is 5.75 Å². The molecule has 1 aromatic carbocycles. The summed E-state index contributed by atoms with van der Waals surface area (Å²) in [5.41, 5.74) is 8.73. The zero-order valence-electron chi connectivity index (χ0n) is 11.9. The lowest BCUT2D eigenvalue weighted by atomic mass is 9.87. The Bertz CT molecular complexity index is 475. The van der Waals surface area contributed by atoms with Gasteiger partial charge in [-0.3, -0.25) is 4.21 Å². The van der Waals surface area contributed by atoms with Crippen molar-refractivity contribution in [3.63, 3.8) is 0 Å². The Balaban J connectivity index is 2.27. The van der Waals surface area contributed by atoms with Crippen LogP contribution in [-0.2, 0) is 17.2 Å². The van der Waals surface area contributed by atoms with Gasteiger partial charge < -0.3 is 10.5 Å². The van der Waals surface area contributed by atoms with Gasteiger partial charge in [-0.1, -0.05) is 19.9 Å². The molecule has 3 nitrogen and oxygen atoms in total. The first kappa shape index (κ1) is 14.5. The first-order valence-corrected chi connectivity index (χ1v) is 8.17. The molecule has 1 aromatic rings. The van der Waals surface area contributed by atoms with E-state index in [1.807, 2.05) is 19.1 Å². The Hall–Kier alpha value is -0.870. The van der Waals surface area contributed by atoms with E-state index in [4.69, 9.17) is 10.5 Å². The maximum atomic E-state index is 12.5. The van der Waals surface area contributed by atoms with Crippen molar-refractivity contribution in [2.75, 3.05) is 7.11 Å². The number of ether oxygens (including phenoxy) is 1. The van der Waals surface area contributed by atoms with E-state index in [1.165, 1.54) is 5.56 Å². The fourth-order valence-corrected chi connectivity index (χ4v) is 4.35. The van der Waals surface area contributed by atoms with Gasteiger partial charge in [-0.15, -0.1) is 0 Å². The van der Waals surface area contributed by atoms with Crippen molar-refractivity contribution < 1.29 is 8.95 Å². The van der Waals surface area contributed by atoms with Gasteiger partial charge in [0.25, 0.3) is 0 Å². The number of benzene rings is 1. The first-order valence-electron chi connectivity index (χ1n) is 6.90. The highest BCUT2D eigenvalue weighted by atomic mass is 32.2. The molecule has 106 valence electrons. The third-order valence-corrected chi connectivity index (χ3v) is 6.33. The second-order valence-corrected chi connectivity index (χ2v) is 7.28. The molecule has 1 aliphatic rings. The van der Waals surface area contributed by atoms with Gasteiger partial charge in [0.05, 0.1) is 12.4 Å². The number of rotatable bonds is 4. The highest BCUT2D eigenvalue weighted by Crippen LogP contribution is 2.34. The lowest BCUT2D eigenvalue weighted by Crippen LogP contribution is -2.37. The molecule has 0 amide bonds. The molecular formula is C15H23NO2S. The van der Waals surface area contributed by atoms with Crippen molar-refractivity contribution in [2.24, 2.45) is 5.73 Å². The van der Waals surface area contributed by atoms with E-state index < -0.39 is 10.8 Å². The van der Waals surface area contributed by atoms with Gasteiger partial charge in [-0.25, -0.2) is 0 Å². The molecule has 0 fully saturated rings. The predicted octanol–water partition coefficient (Wildman–Crippen LogP) is 2.56. The SMILES string of the molecule is CCC(C)S(=O)C1CCc2ccc(OC)cc2C1N. The maximum Gasteiger partial charge on any atom is 0.119 e. The van der Waals surface area contributed by atoms with Gasteiger partial charge in [-0.05, 0) is 42.5 Å². The molecule has 4 atom stereocenters. The topological polar surface area (TPSA) is 52.3 Å². The quantitative estimate of drug-likeness (QED) is 0.923. The van der Waals surface area contributed by atoms with Gasteiger partial charge in [-0.2, -0.15) is 0 Å². The van der Waals surface area contributed by atoms with Gasteiger partial charge in [0, 0.05) is 22.1 Å². The Morgan fingerprint density at radius 1 is 1.53 bits per heavy atom. The molecule has 0 radical (unpaired) electrons. The van der Waals surface area contributed by atoms with Gasteiger partial charge in [0.15, 0.2) is 0 Å². The number of hydrogen-bond donors (Lipinski definition) is 1. The van der Waals surface area contributed by atoms with Gasteiger partial charge in [0.2, 0.25) is 0 Å². The first-order chi connectivity index (χ1) is 9.08. The number of aryl methyl sites for hydroxylation is 1. The van der Waals surface area contributed by atoms with E-state index in [0.717, 1.165) is 30.6 Å². The monoisotopic (exact) mass is 281 g/mol. The van der Waals surface area contributed by atoms with E-state index in [1.54, 1.807) is 7.11 Å². The normalized spacial score (nSPS) is 25.5. The Morgan fingerprint density at radius 3 is 2.89 bits per heavy atom. The zero-order valence-corrected chi connectivity index (χ0v) is 12.7. The molecule has 0 aliphatic heterocycles. The summed E-state index contributed by atoms with van der Waals surface area (Å²) in [4.78, 5) is 0. The fraction of sp³-hybridized carbons (Fsp3) is 0.600. The molecule has 0 bridgehead atoms. The summed E-state index contributed by atoms with van der Waals surface area (Å²) in [5, 5.41) is 0.276. The van der Waals surface area contributed by atoms with Crippen LogP contribution in [0.3, 0.4) is 0 Å². The van der Waals surface area contributed by atoms with E-state index in [9.17, 15) is 4.21 Å². The number of hydrogen-bond acceptors (Lipinski definition) is 3. The lowest BCUT2D eigenvalue weighted by Gasteiger charge is -2.32. The Kier molecular flexibility index (Phi) is 4.63. The van der Waals surface area contributed by atoms with Crippen LogP contribution >= 0.6 is 0 Å².